The van der Waals surface area contributed by atoms with Gasteiger partial charge in [-0.1, -0.05) is 60.4 Å². The SMILES string of the molecule is CCOC(=O)C(C#Cc1ccccc1)NCc1ccccc1. The maximum absolute atomic E-state index is 12.0. The van der Waals surface area contributed by atoms with Gasteiger partial charge < -0.3 is 4.74 Å². The Bertz CT molecular complexity index is 641. The Morgan fingerprint density at radius 3 is 2.36 bits per heavy atom. The first-order chi connectivity index (χ1) is 10.8. The van der Waals surface area contributed by atoms with Crippen LogP contribution in [0, 0.1) is 11.8 Å². The van der Waals surface area contributed by atoms with Crippen LogP contribution in [0.1, 0.15) is 18.1 Å². The van der Waals surface area contributed by atoms with E-state index in [2.05, 4.69) is 17.2 Å². The van der Waals surface area contributed by atoms with Crippen molar-refractivity contribution in [2.45, 2.75) is 19.5 Å². The summed E-state index contributed by atoms with van der Waals surface area (Å²) >= 11 is 0. The molecule has 0 bridgehead atoms. The normalized spacial score (nSPS) is 11.1. The molecule has 0 heterocycles. The quantitative estimate of drug-likeness (QED) is 0.680. The van der Waals surface area contributed by atoms with Crippen LogP contribution in [0.15, 0.2) is 60.7 Å². The summed E-state index contributed by atoms with van der Waals surface area (Å²) in [6.45, 7) is 2.69. The van der Waals surface area contributed by atoms with Crippen molar-refractivity contribution in [3.8, 4) is 11.8 Å². The average Bonchev–Trinajstić information content (AvgIpc) is 2.57. The van der Waals surface area contributed by atoms with E-state index in [1.807, 2.05) is 60.7 Å². The molecular formula is C19H19NO2. The highest BCUT2D eigenvalue weighted by molar-refractivity contribution is 5.79. The van der Waals surface area contributed by atoms with E-state index in [4.69, 9.17) is 4.74 Å². The number of hydrogen-bond donors (Lipinski definition) is 1. The van der Waals surface area contributed by atoms with Gasteiger partial charge in [0.15, 0.2) is 6.04 Å². The molecule has 0 saturated heterocycles. The Labute approximate surface area is 131 Å². The Balaban J connectivity index is 2.06. The van der Waals surface area contributed by atoms with Gasteiger partial charge in [0, 0.05) is 12.1 Å². The second-order valence-corrected chi connectivity index (χ2v) is 4.69. The van der Waals surface area contributed by atoms with Gasteiger partial charge in [0.1, 0.15) is 0 Å². The lowest BCUT2D eigenvalue weighted by molar-refractivity contribution is -0.144. The highest BCUT2D eigenvalue weighted by Crippen LogP contribution is 2.00. The summed E-state index contributed by atoms with van der Waals surface area (Å²) in [5.74, 6) is 5.62. The molecule has 0 spiro atoms. The van der Waals surface area contributed by atoms with E-state index in [0.29, 0.717) is 13.2 Å². The zero-order chi connectivity index (χ0) is 15.6. The molecular weight excluding hydrogens is 274 g/mol. The van der Waals surface area contributed by atoms with Gasteiger partial charge in [-0.15, -0.1) is 0 Å². The van der Waals surface area contributed by atoms with E-state index in [9.17, 15) is 4.79 Å². The predicted octanol–water partition coefficient (Wildman–Crippen LogP) is 2.76. The highest BCUT2D eigenvalue weighted by atomic mass is 16.5. The van der Waals surface area contributed by atoms with E-state index in [1.165, 1.54) is 0 Å². The van der Waals surface area contributed by atoms with Crippen molar-refractivity contribution >= 4 is 5.97 Å². The van der Waals surface area contributed by atoms with Crippen LogP contribution < -0.4 is 5.32 Å². The van der Waals surface area contributed by atoms with Gasteiger partial charge in [0.05, 0.1) is 6.61 Å². The number of hydrogen-bond acceptors (Lipinski definition) is 3. The van der Waals surface area contributed by atoms with E-state index in [0.717, 1.165) is 11.1 Å². The van der Waals surface area contributed by atoms with Gasteiger partial charge in [0.2, 0.25) is 0 Å². The molecule has 0 aliphatic carbocycles. The summed E-state index contributed by atoms with van der Waals surface area (Å²) in [6, 6.07) is 18.8. The molecule has 0 radical (unpaired) electrons. The molecule has 0 amide bonds. The summed E-state index contributed by atoms with van der Waals surface area (Å²) in [4.78, 5) is 12.0. The first-order valence-electron chi connectivity index (χ1n) is 7.30. The number of rotatable bonds is 5. The monoisotopic (exact) mass is 293 g/mol. The zero-order valence-corrected chi connectivity index (χ0v) is 12.6. The number of esters is 1. The summed E-state index contributed by atoms with van der Waals surface area (Å²) in [6.07, 6.45) is 0. The molecule has 1 unspecified atom stereocenters. The van der Waals surface area contributed by atoms with Crippen molar-refractivity contribution in [2.24, 2.45) is 0 Å². The molecule has 2 aromatic carbocycles. The fourth-order valence-electron chi connectivity index (χ4n) is 1.91. The molecule has 112 valence electrons. The predicted molar refractivity (Wildman–Crippen MR) is 87.0 cm³/mol. The van der Waals surface area contributed by atoms with E-state index < -0.39 is 6.04 Å². The molecule has 0 aliphatic heterocycles. The van der Waals surface area contributed by atoms with Gasteiger partial charge in [-0.3, -0.25) is 5.32 Å². The Morgan fingerprint density at radius 2 is 1.73 bits per heavy atom. The first kappa shape index (κ1) is 15.8. The molecule has 3 heteroatoms. The smallest absolute Gasteiger partial charge is 0.335 e. The number of ether oxygens (including phenoxy) is 1. The zero-order valence-electron chi connectivity index (χ0n) is 12.6. The van der Waals surface area contributed by atoms with E-state index in [-0.39, 0.29) is 5.97 Å². The van der Waals surface area contributed by atoms with Crippen molar-refractivity contribution < 1.29 is 9.53 Å². The number of carbonyl (C=O) groups excluding carboxylic acids is 1. The third kappa shape index (κ3) is 5.08. The van der Waals surface area contributed by atoms with Crippen LogP contribution in [-0.4, -0.2) is 18.6 Å². The van der Waals surface area contributed by atoms with Crippen LogP contribution in [0.2, 0.25) is 0 Å². The van der Waals surface area contributed by atoms with Crippen molar-refractivity contribution in [2.75, 3.05) is 6.61 Å². The topological polar surface area (TPSA) is 38.3 Å². The number of benzene rings is 2. The van der Waals surface area contributed by atoms with Gasteiger partial charge in [-0.25, -0.2) is 4.79 Å². The van der Waals surface area contributed by atoms with Crippen LogP contribution >= 0.6 is 0 Å². The molecule has 22 heavy (non-hydrogen) atoms. The van der Waals surface area contributed by atoms with Crippen molar-refractivity contribution in [3.05, 3.63) is 71.8 Å². The largest absolute Gasteiger partial charge is 0.464 e. The molecule has 0 aromatic heterocycles. The average molecular weight is 293 g/mol. The van der Waals surface area contributed by atoms with Crippen molar-refractivity contribution in [1.29, 1.82) is 0 Å². The van der Waals surface area contributed by atoms with Crippen molar-refractivity contribution in [1.82, 2.24) is 5.32 Å². The second-order valence-electron chi connectivity index (χ2n) is 4.69. The molecule has 0 fully saturated rings. The summed E-state index contributed by atoms with van der Waals surface area (Å²) < 4.78 is 5.08. The minimum Gasteiger partial charge on any atom is -0.464 e. The molecule has 1 N–H and O–H groups in total. The van der Waals surface area contributed by atoms with E-state index >= 15 is 0 Å². The van der Waals surface area contributed by atoms with Crippen LogP contribution in [0.3, 0.4) is 0 Å². The van der Waals surface area contributed by atoms with Crippen LogP contribution in [-0.2, 0) is 16.1 Å². The molecule has 0 aliphatic rings. The van der Waals surface area contributed by atoms with Gasteiger partial charge in [0.25, 0.3) is 0 Å². The van der Waals surface area contributed by atoms with Crippen molar-refractivity contribution in [3.63, 3.8) is 0 Å². The fourth-order valence-corrected chi connectivity index (χ4v) is 1.91. The third-order valence-electron chi connectivity index (χ3n) is 3.01. The van der Waals surface area contributed by atoms with E-state index in [1.54, 1.807) is 6.92 Å². The number of carbonyl (C=O) groups is 1. The summed E-state index contributed by atoms with van der Waals surface area (Å²) in [5, 5.41) is 3.14. The Kier molecular flexibility index (Phi) is 6.22. The lowest BCUT2D eigenvalue weighted by atomic mass is 10.2. The third-order valence-corrected chi connectivity index (χ3v) is 3.01. The molecule has 3 nitrogen and oxygen atoms in total. The van der Waals surface area contributed by atoms with Crippen LogP contribution in [0.5, 0.6) is 0 Å². The van der Waals surface area contributed by atoms with Crippen LogP contribution in [0.4, 0.5) is 0 Å². The fraction of sp³-hybridized carbons (Fsp3) is 0.211. The Morgan fingerprint density at radius 1 is 1.09 bits per heavy atom. The van der Waals surface area contributed by atoms with Gasteiger partial charge >= 0.3 is 5.97 Å². The first-order valence-corrected chi connectivity index (χ1v) is 7.30. The maximum Gasteiger partial charge on any atom is 0.335 e. The molecule has 2 aromatic rings. The summed E-state index contributed by atoms with van der Waals surface area (Å²) in [7, 11) is 0. The highest BCUT2D eigenvalue weighted by Gasteiger charge is 2.16. The number of nitrogens with one attached hydrogen (secondary N) is 1. The molecule has 2 rings (SSSR count). The van der Waals surface area contributed by atoms with Gasteiger partial charge in [-0.2, -0.15) is 0 Å². The summed E-state index contributed by atoms with van der Waals surface area (Å²) in [5.41, 5.74) is 1.97. The van der Waals surface area contributed by atoms with Crippen LogP contribution in [0.25, 0.3) is 0 Å². The minimum absolute atomic E-state index is 0.343. The Hall–Kier alpha value is -2.57. The second kappa shape index (κ2) is 8.66. The minimum atomic E-state index is -0.639. The van der Waals surface area contributed by atoms with Gasteiger partial charge in [-0.05, 0) is 24.6 Å². The molecule has 0 saturated carbocycles. The standard InChI is InChI=1S/C19H19NO2/c1-2-22-19(21)18(14-13-16-9-5-3-6-10-16)20-15-17-11-7-4-8-12-17/h3-12,18,20H,2,15H2,1H3. The lowest BCUT2D eigenvalue weighted by Crippen LogP contribution is -2.36. The molecule has 1 atom stereocenters. The maximum atomic E-state index is 12.0. The lowest BCUT2D eigenvalue weighted by Gasteiger charge is -2.12.